The van der Waals surface area contributed by atoms with Crippen molar-refractivity contribution in [2.24, 2.45) is 52.3 Å². The summed E-state index contributed by atoms with van der Waals surface area (Å²) in [5.41, 5.74) is 0.293. The Morgan fingerprint density at radius 2 is 1.17 bits per heavy atom. The molecular weight excluding hydrogens is 953 g/mol. The molecule has 10 aliphatic rings. The van der Waals surface area contributed by atoms with Crippen LogP contribution in [-0.4, -0.2) is 229 Å². The van der Waals surface area contributed by atoms with E-state index in [4.69, 9.17) is 47.4 Å². The molecule has 0 aromatic heterocycles. The van der Waals surface area contributed by atoms with Gasteiger partial charge in [-0.05, 0) is 104 Å². The topological polar surface area (TPSA) is 335 Å². The molecule has 1 spiro atoms. The lowest BCUT2D eigenvalue weighted by atomic mass is 9.44. The molecule has 6 saturated heterocycles. The van der Waals surface area contributed by atoms with Crippen molar-refractivity contribution in [3.05, 3.63) is 0 Å². The van der Waals surface area contributed by atoms with Gasteiger partial charge in [-0.25, -0.2) is 0 Å². The van der Waals surface area contributed by atoms with E-state index < -0.39 is 149 Å². The lowest BCUT2D eigenvalue weighted by Crippen LogP contribution is -2.67. The highest BCUT2D eigenvalue weighted by Gasteiger charge is 2.69. The van der Waals surface area contributed by atoms with Crippen LogP contribution in [0.2, 0.25) is 0 Å². The Labute approximate surface area is 419 Å². The summed E-state index contributed by atoms with van der Waals surface area (Å²) in [6.07, 6.45) is -22.2. The molecule has 10 fully saturated rings. The van der Waals surface area contributed by atoms with Gasteiger partial charge in [0.1, 0.15) is 91.6 Å². The third kappa shape index (κ3) is 9.36. The van der Waals surface area contributed by atoms with Crippen LogP contribution >= 0.6 is 0 Å². The first-order valence-corrected chi connectivity index (χ1v) is 26.7. The van der Waals surface area contributed by atoms with E-state index in [-0.39, 0.29) is 23.0 Å². The Morgan fingerprint density at radius 3 is 1.86 bits per heavy atom. The molecule has 0 bridgehead atoms. The highest BCUT2D eigenvalue weighted by atomic mass is 16.8. The van der Waals surface area contributed by atoms with Crippen molar-refractivity contribution >= 4 is 0 Å². The molecular formula is C50H82O22. The Bertz CT molecular complexity index is 1830. The molecule has 0 aromatic rings. The maximum absolute atomic E-state index is 11.5. The summed E-state index contributed by atoms with van der Waals surface area (Å²) in [6, 6.07) is 0. The zero-order chi connectivity index (χ0) is 51.3. The van der Waals surface area contributed by atoms with E-state index in [0.29, 0.717) is 47.8 Å². The lowest BCUT2D eigenvalue weighted by Gasteiger charge is -2.61. The second kappa shape index (κ2) is 21.1. The van der Waals surface area contributed by atoms with Gasteiger partial charge in [0, 0.05) is 12.3 Å². The molecule has 0 aromatic carbocycles. The van der Waals surface area contributed by atoms with Crippen LogP contribution in [0.4, 0.5) is 0 Å². The van der Waals surface area contributed by atoms with Crippen LogP contribution in [0, 0.1) is 52.3 Å². The standard InChI is InChI=1S/C50H82O22/c1-20-7-12-50(65-17-20)21(2)32-28(72-50)14-26-24-6-5-22-13-23(8-10-48(22,3)25(24)9-11-49(26,32)4)66-45-40(61)38(59)35(56)31(69-45)19-64-47-43(71-46-41(62)37(58)34(55)29(15-51)67-46)42(36(57)30(16-52)68-47)70-44-39(60)33(54)27(53)18-63-44/h20-47,51-62H,5-19H2,1-4H3/t20-,21+,22+,23+,24-,25+,26+,27-,28+,29-,30-,31-,32+,33+,34+,35+,36-,37+,38+,39-,40-,41-,42+,43-,44+,45-,46+,47-,48+,49+,50-/m1/s1. The van der Waals surface area contributed by atoms with Crippen LogP contribution in [-0.2, 0) is 47.4 Å². The van der Waals surface area contributed by atoms with E-state index in [1.807, 2.05) is 0 Å². The van der Waals surface area contributed by atoms with Crippen LogP contribution in [0.15, 0.2) is 0 Å². The fourth-order valence-corrected chi connectivity index (χ4v) is 15.8. The average molecular weight is 1040 g/mol. The van der Waals surface area contributed by atoms with Gasteiger partial charge in [-0.2, -0.15) is 0 Å². The molecule has 10 rings (SSSR count). The summed E-state index contributed by atoms with van der Waals surface area (Å²) in [5, 5.41) is 129. The Balaban J connectivity index is 0.803. The van der Waals surface area contributed by atoms with Gasteiger partial charge in [-0.1, -0.05) is 27.7 Å². The Morgan fingerprint density at radius 1 is 0.542 bits per heavy atom. The summed E-state index contributed by atoms with van der Waals surface area (Å²) < 4.78 is 61.3. The second-order valence-corrected chi connectivity index (χ2v) is 23.9. The molecule has 6 heterocycles. The highest BCUT2D eigenvalue weighted by Crippen LogP contribution is 2.71. The van der Waals surface area contributed by atoms with Crippen molar-refractivity contribution in [1.82, 2.24) is 0 Å². The van der Waals surface area contributed by atoms with Gasteiger partial charge >= 0.3 is 0 Å². The molecule has 414 valence electrons. The van der Waals surface area contributed by atoms with Gasteiger partial charge in [0.15, 0.2) is 30.9 Å². The molecule has 0 unspecified atom stereocenters. The predicted octanol–water partition coefficient (Wildman–Crippen LogP) is -2.27. The van der Waals surface area contributed by atoms with Gasteiger partial charge in [0.25, 0.3) is 0 Å². The molecule has 4 saturated carbocycles. The first-order valence-electron chi connectivity index (χ1n) is 26.7. The smallest absolute Gasteiger partial charge is 0.187 e. The third-order valence-electron chi connectivity index (χ3n) is 20.0. The number of hydrogen-bond donors (Lipinski definition) is 12. The van der Waals surface area contributed by atoms with Crippen molar-refractivity contribution in [1.29, 1.82) is 0 Å². The van der Waals surface area contributed by atoms with Crippen molar-refractivity contribution < 1.29 is 109 Å². The van der Waals surface area contributed by atoms with Crippen LogP contribution < -0.4 is 0 Å². The van der Waals surface area contributed by atoms with Crippen molar-refractivity contribution in [2.45, 2.75) is 227 Å². The minimum absolute atomic E-state index is 0.0916. The van der Waals surface area contributed by atoms with E-state index in [1.165, 1.54) is 12.8 Å². The van der Waals surface area contributed by atoms with Crippen LogP contribution in [0.1, 0.15) is 91.9 Å². The number of hydrogen-bond acceptors (Lipinski definition) is 22. The fourth-order valence-electron chi connectivity index (χ4n) is 15.8. The molecule has 12 N–H and O–H groups in total. The second-order valence-electron chi connectivity index (χ2n) is 23.9. The van der Waals surface area contributed by atoms with Crippen molar-refractivity contribution in [3.63, 3.8) is 0 Å². The van der Waals surface area contributed by atoms with E-state index in [1.54, 1.807) is 0 Å². The van der Waals surface area contributed by atoms with Gasteiger partial charge in [0.2, 0.25) is 0 Å². The number of aliphatic hydroxyl groups is 12. The fraction of sp³-hybridized carbons (Fsp3) is 1.00. The minimum atomic E-state index is -1.96. The quantitative estimate of drug-likeness (QED) is 0.0971. The average Bonchev–Trinajstić information content (AvgIpc) is 3.81. The lowest BCUT2D eigenvalue weighted by molar-refractivity contribution is -0.391. The first-order chi connectivity index (χ1) is 34.2. The minimum Gasteiger partial charge on any atom is -0.394 e. The first kappa shape index (κ1) is 54.5. The van der Waals surface area contributed by atoms with Crippen LogP contribution in [0.25, 0.3) is 0 Å². The summed E-state index contributed by atoms with van der Waals surface area (Å²) in [7, 11) is 0. The number of fused-ring (bicyclic) bond motifs is 7. The molecule has 0 amide bonds. The zero-order valence-corrected chi connectivity index (χ0v) is 41.7. The van der Waals surface area contributed by atoms with Gasteiger partial charge in [-0.15, -0.1) is 0 Å². The molecule has 4 aliphatic carbocycles. The Kier molecular flexibility index (Phi) is 15.9. The van der Waals surface area contributed by atoms with Crippen molar-refractivity contribution in [3.8, 4) is 0 Å². The zero-order valence-electron chi connectivity index (χ0n) is 41.7. The Hall–Kier alpha value is -0.880. The maximum atomic E-state index is 11.5. The number of rotatable bonds is 11. The summed E-state index contributed by atoms with van der Waals surface area (Å²) in [4.78, 5) is 0. The molecule has 0 radical (unpaired) electrons. The third-order valence-corrected chi connectivity index (χ3v) is 20.0. The maximum Gasteiger partial charge on any atom is 0.187 e. The number of ether oxygens (including phenoxy) is 10. The summed E-state index contributed by atoms with van der Waals surface area (Å²) >= 11 is 0. The van der Waals surface area contributed by atoms with E-state index in [2.05, 4.69) is 27.7 Å². The monoisotopic (exact) mass is 1030 g/mol. The number of aliphatic hydroxyl groups excluding tert-OH is 12. The summed E-state index contributed by atoms with van der Waals surface area (Å²) in [6.45, 7) is 7.65. The van der Waals surface area contributed by atoms with Gasteiger partial charge in [0.05, 0.1) is 45.2 Å². The van der Waals surface area contributed by atoms with Gasteiger partial charge in [-0.3, -0.25) is 0 Å². The van der Waals surface area contributed by atoms with Crippen LogP contribution in [0.3, 0.4) is 0 Å². The van der Waals surface area contributed by atoms with E-state index in [9.17, 15) is 61.3 Å². The predicted molar refractivity (Wildman–Crippen MR) is 242 cm³/mol. The van der Waals surface area contributed by atoms with Gasteiger partial charge < -0.3 is 109 Å². The molecule has 22 heteroatoms. The largest absolute Gasteiger partial charge is 0.394 e. The molecule has 72 heavy (non-hydrogen) atoms. The molecule has 31 atom stereocenters. The van der Waals surface area contributed by atoms with E-state index in [0.717, 1.165) is 51.6 Å². The van der Waals surface area contributed by atoms with E-state index >= 15 is 0 Å². The normalized spacial score (nSPS) is 57.8. The molecule has 22 nitrogen and oxygen atoms in total. The van der Waals surface area contributed by atoms with Crippen LogP contribution in [0.5, 0.6) is 0 Å². The SMILES string of the molecule is C[C@@H]1CC[C@@]2(OC1)O[C@H]1C[C@H]3[C@@H]4CC[C@H]5C[C@@H](O[C@@H]6O[C@H](CO[C@@H]7O[C@H](CO)[C@@H](O)[C@H](O[C@@H]8OC[C@@H](O)[C@H](O)[C@H]8O)[C@H]7O[C@@H]7O[C@H](CO)[C@H](O)[C@H](O)[C@H]7O)[C@H](O)[C@H](O)[C@H]6O)CC[C@]5(C)[C@H]4CC[C@]3(C)[C@H]1[C@@H]2C. The molecule has 6 aliphatic heterocycles. The summed E-state index contributed by atoms with van der Waals surface area (Å²) in [5.74, 6) is 3.06. The highest BCUT2D eigenvalue weighted by molar-refractivity contribution is 5.15. The van der Waals surface area contributed by atoms with Crippen molar-refractivity contribution in [2.75, 3.05) is 33.0 Å².